The highest BCUT2D eigenvalue weighted by Crippen LogP contribution is 2.19. The summed E-state index contributed by atoms with van der Waals surface area (Å²) in [6.07, 6.45) is 0. The van der Waals surface area contributed by atoms with Gasteiger partial charge in [0.25, 0.3) is 0 Å². The van der Waals surface area contributed by atoms with Crippen LogP contribution in [0.15, 0.2) is 9.21 Å². The first-order chi connectivity index (χ1) is 4.25. The van der Waals surface area contributed by atoms with Gasteiger partial charge in [0.2, 0.25) is 0 Å². The van der Waals surface area contributed by atoms with Gasteiger partial charge in [-0.15, -0.1) is 0 Å². The summed E-state index contributed by atoms with van der Waals surface area (Å²) in [5, 5.41) is 14.7. The van der Waals surface area contributed by atoms with Crippen LogP contribution in [0.4, 0.5) is 0 Å². The second-order valence-electron chi connectivity index (χ2n) is 1.32. The van der Waals surface area contributed by atoms with E-state index in [9.17, 15) is 0 Å². The summed E-state index contributed by atoms with van der Waals surface area (Å²) >= 11 is 6.19. The van der Waals surface area contributed by atoms with Crippen LogP contribution in [0.2, 0.25) is 0 Å². The third-order valence-electron chi connectivity index (χ3n) is 0.790. The molecule has 0 saturated carbocycles. The molecule has 1 aromatic heterocycles. The number of rotatable bonds is 0. The number of nitrogens with one attached hydrogen (secondary N) is 1. The molecule has 1 rings (SSSR count). The molecule has 0 saturated heterocycles. The van der Waals surface area contributed by atoms with Crippen LogP contribution >= 0.6 is 31.9 Å². The van der Waals surface area contributed by atoms with E-state index in [-0.39, 0.29) is 0 Å². The van der Waals surface area contributed by atoms with E-state index in [2.05, 4.69) is 42.1 Å². The molecule has 0 aliphatic carbocycles. The molecule has 0 fully saturated rings. The summed E-state index contributed by atoms with van der Waals surface area (Å²) in [6.45, 7) is 0. The normalized spacial score (nSPS) is 9.00. The average Bonchev–Trinajstić information content (AvgIpc) is 2.12. The largest absolute Gasteiger partial charge is 0.269 e. The van der Waals surface area contributed by atoms with Crippen molar-refractivity contribution in [3.63, 3.8) is 0 Å². The Morgan fingerprint density at radius 3 is 2.44 bits per heavy atom. The molecular formula is C4HBr2N3. The van der Waals surface area contributed by atoms with E-state index in [0.717, 1.165) is 0 Å². The van der Waals surface area contributed by atoms with E-state index < -0.39 is 0 Å². The maximum atomic E-state index is 8.42. The maximum absolute atomic E-state index is 8.42. The molecular weight excluding hydrogens is 250 g/mol. The van der Waals surface area contributed by atoms with Gasteiger partial charge in [0.1, 0.15) is 20.8 Å². The van der Waals surface area contributed by atoms with Crippen molar-refractivity contribution in [2.24, 2.45) is 0 Å². The number of halogens is 2. The minimum Gasteiger partial charge on any atom is -0.269 e. The first-order valence-electron chi connectivity index (χ1n) is 2.05. The minimum absolute atomic E-state index is 0.495. The van der Waals surface area contributed by atoms with E-state index in [1.54, 1.807) is 0 Å². The predicted octanol–water partition coefficient (Wildman–Crippen LogP) is 1.81. The van der Waals surface area contributed by atoms with E-state index >= 15 is 0 Å². The Morgan fingerprint density at radius 2 is 2.22 bits per heavy atom. The molecule has 0 spiro atoms. The lowest BCUT2D eigenvalue weighted by molar-refractivity contribution is 1.05. The lowest BCUT2D eigenvalue weighted by atomic mass is 10.4. The summed E-state index contributed by atoms with van der Waals surface area (Å²) in [5.74, 6) is 0. The Morgan fingerprint density at radius 1 is 1.56 bits per heavy atom. The number of nitriles is 1. The number of hydrogen-bond donors (Lipinski definition) is 1. The van der Waals surface area contributed by atoms with E-state index in [0.29, 0.717) is 14.8 Å². The minimum atomic E-state index is 0.495. The Bertz CT molecular complexity index is 240. The summed E-state index contributed by atoms with van der Waals surface area (Å²) in [4.78, 5) is 0. The lowest BCUT2D eigenvalue weighted by Crippen LogP contribution is -1.68. The molecule has 1 N–H and O–H groups in total. The van der Waals surface area contributed by atoms with Crippen LogP contribution in [0.5, 0.6) is 0 Å². The van der Waals surface area contributed by atoms with Gasteiger partial charge in [-0.05, 0) is 31.9 Å². The molecule has 46 valence electrons. The van der Waals surface area contributed by atoms with E-state index in [4.69, 9.17) is 5.26 Å². The average molecular weight is 251 g/mol. The second-order valence-corrected chi connectivity index (χ2v) is 2.86. The molecule has 0 unspecified atom stereocenters. The van der Waals surface area contributed by atoms with Gasteiger partial charge in [0.15, 0.2) is 0 Å². The molecule has 0 atom stereocenters. The van der Waals surface area contributed by atoms with Crippen molar-refractivity contribution in [2.45, 2.75) is 0 Å². The Balaban J connectivity index is 3.27. The first-order valence-corrected chi connectivity index (χ1v) is 3.63. The standard InChI is InChI=1S/C4HBr2N3/c5-3-2(1-7)4(6)9-8-3/h(H,8,9). The van der Waals surface area contributed by atoms with Gasteiger partial charge in [-0.25, -0.2) is 0 Å². The third-order valence-corrected chi connectivity index (χ3v) is 1.94. The van der Waals surface area contributed by atoms with Gasteiger partial charge in [-0.3, -0.25) is 5.10 Å². The maximum Gasteiger partial charge on any atom is 0.146 e. The van der Waals surface area contributed by atoms with Crippen LogP contribution in [0.1, 0.15) is 5.56 Å². The van der Waals surface area contributed by atoms with Crippen LogP contribution < -0.4 is 0 Å². The van der Waals surface area contributed by atoms with Gasteiger partial charge in [0, 0.05) is 0 Å². The van der Waals surface area contributed by atoms with Crippen molar-refractivity contribution in [3.05, 3.63) is 14.8 Å². The van der Waals surface area contributed by atoms with Crippen molar-refractivity contribution < 1.29 is 0 Å². The monoisotopic (exact) mass is 249 g/mol. The van der Waals surface area contributed by atoms with E-state index in [1.807, 2.05) is 6.07 Å². The summed E-state index contributed by atoms with van der Waals surface area (Å²) < 4.78 is 1.15. The lowest BCUT2D eigenvalue weighted by Gasteiger charge is -1.77. The summed E-state index contributed by atoms with van der Waals surface area (Å²) in [5.41, 5.74) is 0.495. The first kappa shape index (κ1) is 6.78. The van der Waals surface area contributed by atoms with Crippen LogP contribution in [0.25, 0.3) is 0 Å². The molecule has 0 aromatic carbocycles. The van der Waals surface area contributed by atoms with Crippen molar-refractivity contribution >= 4 is 31.9 Å². The van der Waals surface area contributed by atoms with Gasteiger partial charge < -0.3 is 0 Å². The Kier molecular flexibility index (Phi) is 1.88. The molecule has 1 heterocycles. The van der Waals surface area contributed by atoms with Gasteiger partial charge in [-0.2, -0.15) is 10.4 Å². The highest BCUT2D eigenvalue weighted by molar-refractivity contribution is 9.11. The molecule has 9 heavy (non-hydrogen) atoms. The molecule has 3 nitrogen and oxygen atoms in total. The molecule has 0 bridgehead atoms. The van der Waals surface area contributed by atoms with Gasteiger partial charge >= 0.3 is 0 Å². The second kappa shape index (κ2) is 2.50. The third kappa shape index (κ3) is 1.14. The molecule has 0 aliphatic heterocycles. The van der Waals surface area contributed by atoms with Crippen molar-refractivity contribution in [1.82, 2.24) is 10.2 Å². The Labute approximate surface area is 68.3 Å². The number of H-pyrrole nitrogens is 1. The number of aromatic amines is 1. The molecule has 5 heteroatoms. The van der Waals surface area contributed by atoms with Gasteiger partial charge in [-0.1, -0.05) is 0 Å². The fraction of sp³-hybridized carbons (Fsp3) is 0. The topological polar surface area (TPSA) is 52.5 Å². The molecule has 0 aliphatic rings. The highest BCUT2D eigenvalue weighted by Gasteiger charge is 2.05. The van der Waals surface area contributed by atoms with Crippen molar-refractivity contribution in [3.8, 4) is 6.07 Å². The van der Waals surface area contributed by atoms with Crippen LogP contribution in [-0.2, 0) is 0 Å². The van der Waals surface area contributed by atoms with Gasteiger partial charge in [0.05, 0.1) is 0 Å². The zero-order valence-electron chi connectivity index (χ0n) is 4.15. The fourth-order valence-corrected chi connectivity index (χ4v) is 1.40. The zero-order chi connectivity index (χ0) is 6.85. The van der Waals surface area contributed by atoms with Crippen LogP contribution in [0.3, 0.4) is 0 Å². The smallest absolute Gasteiger partial charge is 0.146 e. The quantitative estimate of drug-likeness (QED) is 0.764. The number of nitrogens with zero attached hydrogens (tertiary/aromatic N) is 2. The molecule has 1 aromatic rings. The highest BCUT2D eigenvalue weighted by atomic mass is 79.9. The fourth-order valence-electron chi connectivity index (χ4n) is 0.396. The number of aromatic nitrogens is 2. The van der Waals surface area contributed by atoms with Crippen molar-refractivity contribution in [2.75, 3.05) is 0 Å². The molecule has 0 radical (unpaired) electrons. The van der Waals surface area contributed by atoms with Crippen LogP contribution in [0, 0.1) is 11.3 Å². The SMILES string of the molecule is N#Cc1c(Br)n[nH]c1Br. The summed E-state index contributed by atoms with van der Waals surface area (Å²) in [7, 11) is 0. The number of hydrogen-bond acceptors (Lipinski definition) is 2. The molecule has 0 amide bonds. The predicted molar refractivity (Wildman–Crippen MR) is 38.7 cm³/mol. The van der Waals surface area contributed by atoms with Crippen molar-refractivity contribution in [1.29, 1.82) is 5.26 Å². The van der Waals surface area contributed by atoms with E-state index in [1.165, 1.54) is 0 Å². The Hall–Kier alpha value is -0.340. The summed E-state index contributed by atoms with van der Waals surface area (Å²) in [6, 6.07) is 1.96. The zero-order valence-corrected chi connectivity index (χ0v) is 7.32. The van der Waals surface area contributed by atoms with Crippen LogP contribution in [-0.4, -0.2) is 10.2 Å².